The van der Waals surface area contributed by atoms with E-state index in [1.807, 2.05) is 18.2 Å². The maximum atomic E-state index is 9.47. The molecule has 0 unspecified atom stereocenters. The van der Waals surface area contributed by atoms with Gasteiger partial charge >= 0.3 is 0 Å². The molecule has 0 aliphatic heterocycles. The van der Waals surface area contributed by atoms with Gasteiger partial charge in [0.15, 0.2) is 0 Å². The lowest BCUT2D eigenvalue weighted by atomic mass is 10.2. The van der Waals surface area contributed by atoms with E-state index in [0.29, 0.717) is 5.69 Å². The first-order chi connectivity index (χ1) is 6.29. The van der Waals surface area contributed by atoms with Crippen LogP contribution in [0, 0.1) is 0 Å². The first-order valence-electron chi connectivity index (χ1n) is 4.13. The van der Waals surface area contributed by atoms with Crippen LogP contribution in [0.2, 0.25) is 0 Å². The van der Waals surface area contributed by atoms with E-state index in [0.717, 1.165) is 10.8 Å². The molecule has 0 aromatic heterocycles. The largest absolute Gasteiger partial charge is 0.394 e. The number of hydroxylamine groups is 1. The Bertz CT molecular complexity index is 266. The van der Waals surface area contributed by atoms with Gasteiger partial charge in [-0.1, -0.05) is 12.1 Å². The number of aliphatic hydroxyl groups is 1. The minimum absolute atomic E-state index is 0.0749. The van der Waals surface area contributed by atoms with Crippen LogP contribution in [0.3, 0.4) is 0 Å². The fraction of sp³-hybridized carbons (Fsp3) is 0.333. The van der Waals surface area contributed by atoms with Gasteiger partial charge in [-0.2, -0.15) is 0 Å². The molecule has 3 N–H and O–H groups in total. The number of hydrogen-bond donors (Lipinski definition) is 3. The number of hydrogen-bond acceptors (Lipinski definition) is 4. The molecule has 0 saturated heterocycles. The van der Waals surface area contributed by atoms with Crippen LogP contribution < -0.4 is 10.4 Å². The standard InChI is InChI=1S/C9H14N2O2/c1-10-8-4-2-3-5-9(8)11(13)6-7-12/h2-5,10,12-13H,6-7H2,1H3. The zero-order chi connectivity index (χ0) is 9.68. The minimum Gasteiger partial charge on any atom is -0.394 e. The highest BCUT2D eigenvalue weighted by molar-refractivity contribution is 5.68. The van der Waals surface area contributed by atoms with E-state index in [4.69, 9.17) is 5.11 Å². The van der Waals surface area contributed by atoms with E-state index < -0.39 is 0 Å². The molecule has 72 valence electrons. The molecule has 4 nitrogen and oxygen atoms in total. The first kappa shape index (κ1) is 9.83. The molecule has 1 aromatic rings. The maximum absolute atomic E-state index is 9.47. The molecule has 0 atom stereocenters. The van der Waals surface area contributed by atoms with Crippen molar-refractivity contribution in [2.75, 3.05) is 30.6 Å². The Morgan fingerprint density at radius 1 is 1.38 bits per heavy atom. The van der Waals surface area contributed by atoms with Crippen molar-refractivity contribution < 1.29 is 10.3 Å². The van der Waals surface area contributed by atoms with Crippen molar-refractivity contribution in [1.82, 2.24) is 0 Å². The SMILES string of the molecule is CNc1ccccc1N(O)CCO. The summed E-state index contributed by atoms with van der Waals surface area (Å²) in [6.45, 7) is 0.132. The second-order valence-corrected chi connectivity index (χ2v) is 2.61. The molecule has 0 aliphatic carbocycles. The fourth-order valence-electron chi connectivity index (χ4n) is 1.13. The highest BCUT2D eigenvalue weighted by Gasteiger charge is 2.05. The van der Waals surface area contributed by atoms with Crippen LogP contribution >= 0.6 is 0 Å². The normalized spacial score (nSPS) is 9.77. The number of anilines is 2. The summed E-state index contributed by atoms with van der Waals surface area (Å²) in [5.41, 5.74) is 1.50. The van der Waals surface area contributed by atoms with Gasteiger partial charge in [-0.15, -0.1) is 0 Å². The van der Waals surface area contributed by atoms with E-state index in [9.17, 15) is 5.21 Å². The number of nitrogens with zero attached hydrogens (tertiary/aromatic N) is 1. The van der Waals surface area contributed by atoms with Gasteiger partial charge in [-0.05, 0) is 12.1 Å². The summed E-state index contributed by atoms with van der Waals surface area (Å²) in [7, 11) is 1.78. The molecule has 0 fully saturated rings. The minimum atomic E-state index is -0.0749. The van der Waals surface area contributed by atoms with Gasteiger partial charge in [-0.3, -0.25) is 10.3 Å². The van der Waals surface area contributed by atoms with Crippen molar-refractivity contribution in [1.29, 1.82) is 0 Å². The molecular weight excluding hydrogens is 168 g/mol. The lowest BCUT2D eigenvalue weighted by molar-refractivity contribution is 0.210. The molecule has 13 heavy (non-hydrogen) atoms. The van der Waals surface area contributed by atoms with Crippen LogP contribution in [0.15, 0.2) is 24.3 Å². The third-order valence-corrected chi connectivity index (χ3v) is 1.76. The Morgan fingerprint density at radius 2 is 2.08 bits per heavy atom. The predicted molar refractivity (Wildman–Crippen MR) is 52.2 cm³/mol. The van der Waals surface area contributed by atoms with Crippen LogP contribution in [0.5, 0.6) is 0 Å². The monoisotopic (exact) mass is 182 g/mol. The number of para-hydroxylation sites is 2. The van der Waals surface area contributed by atoms with E-state index in [1.165, 1.54) is 0 Å². The molecule has 4 heteroatoms. The second-order valence-electron chi connectivity index (χ2n) is 2.61. The molecule has 0 radical (unpaired) electrons. The van der Waals surface area contributed by atoms with E-state index in [-0.39, 0.29) is 13.2 Å². The van der Waals surface area contributed by atoms with Crippen molar-refractivity contribution in [2.24, 2.45) is 0 Å². The lowest BCUT2D eigenvalue weighted by Gasteiger charge is -2.18. The van der Waals surface area contributed by atoms with Gasteiger partial charge in [0.2, 0.25) is 0 Å². The summed E-state index contributed by atoms with van der Waals surface area (Å²) in [4.78, 5) is 0. The van der Waals surface area contributed by atoms with Crippen molar-refractivity contribution >= 4 is 11.4 Å². The zero-order valence-electron chi connectivity index (χ0n) is 7.57. The number of nitrogens with one attached hydrogen (secondary N) is 1. The van der Waals surface area contributed by atoms with Gasteiger partial charge in [0, 0.05) is 7.05 Å². The summed E-state index contributed by atoms with van der Waals surface area (Å²) < 4.78 is 0. The van der Waals surface area contributed by atoms with E-state index >= 15 is 0 Å². The van der Waals surface area contributed by atoms with Gasteiger partial charge in [0.1, 0.15) is 0 Å². The summed E-state index contributed by atoms with van der Waals surface area (Å²) in [6.07, 6.45) is 0. The zero-order valence-corrected chi connectivity index (χ0v) is 7.57. The summed E-state index contributed by atoms with van der Waals surface area (Å²) >= 11 is 0. The highest BCUT2D eigenvalue weighted by Crippen LogP contribution is 2.23. The number of rotatable bonds is 4. The van der Waals surface area contributed by atoms with Gasteiger partial charge in [-0.25, -0.2) is 0 Å². The quantitative estimate of drug-likeness (QED) is 0.606. The van der Waals surface area contributed by atoms with Crippen molar-refractivity contribution in [3.05, 3.63) is 24.3 Å². The molecule has 0 heterocycles. The molecule has 0 amide bonds. The molecule has 1 rings (SSSR count). The summed E-state index contributed by atoms with van der Waals surface area (Å²) in [5.74, 6) is 0. The van der Waals surface area contributed by atoms with E-state index in [1.54, 1.807) is 13.1 Å². The highest BCUT2D eigenvalue weighted by atomic mass is 16.5. The Hall–Kier alpha value is -1.26. The molecule has 0 spiro atoms. The number of aliphatic hydroxyl groups excluding tert-OH is 1. The smallest absolute Gasteiger partial charge is 0.0866 e. The van der Waals surface area contributed by atoms with Crippen molar-refractivity contribution in [3.63, 3.8) is 0 Å². The Kier molecular flexibility index (Phi) is 3.54. The van der Waals surface area contributed by atoms with Crippen molar-refractivity contribution in [2.45, 2.75) is 0 Å². The molecule has 1 aromatic carbocycles. The lowest BCUT2D eigenvalue weighted by Crippen LogP contribution is -2.22. The predicted octanol–water partition coefficient (Wildman–Crippen LogP) is 0.916. The van der Waals surface area contributed by atoms with Crippen LogP contribution in [0.25, 0.3) is 0 Å². The fourth-order valence-corrected chi connectivity index (χ4v) is 1.13. The summed E-state index contributed by atoms with van der Waals surface area (Å²) in [6, 6.07) is 7.34. The average Bonchev–Trinajstić information content (AvgIpc) is 2.18. The van der Waals surface area contributed by atoms with Gasteiger partial charge < -0.3 is 10.4 Å². The maximum Gasteiger partial charge on any atom is 0.0866 e. The molecule has 0 bridgehead atoms. The van der Waals surface area contributed by atoms with Crippen LogP contribution in [0.4, 0.5) is 11.4 Å². The van der Waals surface area contributed by atoms with Gasteiger partial charge in [0.25, 0.3) is 0 Å². The van der Waals surface area contributed by atoms with Gasteiger partial charge in [0.05, 0.1) is 24.5 Å². The average molecular weight is 182 g/mol. The molecule has 0 aliphatic rings. The Balaban J connectivity index is 2.85. The van der Waals surface area contributed by atoms with Crippen LogP contribution in [-0.4, -0.2) is 30.5 Å². The Morgan fingerprint density at radius 3 is 2.69 bits per heavy atom. The number of benzene rings is 1. The van der Waals surface area contributed by atoms with Crippen LogP contribution in [-0.2, 0) is 0 Å². The second kappa shape index (κ2) is 4.69. The topological polar surface area (TPSA) is 55.7 Å². The third-order valence-electron chi connectivity index (χ3n) is 1.76. The van der Waals surface area contributed by atoms with Crippen LogP contribution in [0.1, 0.15) is 0 Å². The summed E-state index contributed by atoms with van der Waals surface area (Å²) in [5, 5.41) is 22.1. The third kappa shape index (κ3) is 2.34. The van der Waals surface area contributed by atoms with Crippen molar-refractivity contribution in [3.8, 4) is 0 Å². The Labute approximate surface area is 77.4 Å². The molecule has 0 saturated carbocycles. The van der Waals surface area contributed by atoms with E-state index in [2.05, 4.69) is 5.32 Å². The molecular formula is C9H14N2O2. The first-order valence-corrected chi connectivity index (χ1v) is 4.13.